The first-order chi connectivity index (χ1) is 14.4. The molecule has 0 aliphatic carbocycles. The standard InChI is InChI=1S/C22H22N4O3S/c1-16-19(18-7-3-4-8-20(18)24-16)14-22(27)25-10-12-26(13-11-25)30(28,29)21-9-5-2-6-17(21)15-23/h2-9,24H,10-14H2,1H3. The number of benzene rings is 2. The second-order valence-corrected chi connectivity index (χ2v) is 9.25. The van der Waals surface area contributed by atoms with Gasteiger partial charge in [-0.2, -0.15) is 9.57 Å². The van der Waals surface area contributed by atoms with E-state index in [1.165, 1.54) is 16.4 Å². The second kappa shape index (κ2) is 7.94. The number of aryl methyl sites for hydroxylation is 1. The van der Waals surface area contributed by atoms with Crippen LogP contribution in [0.4, 0.5) is 0 Å². The lowest BCUT2D eigenvalue weighted by atomic mass is 10.1. The number of hydrogen-bond donors (Lipinski definition) is 1. The highest BCUT2D eigenvalue weighted by molar-refractivity contribution is 7.89. The first-order valence-corrected chi connectivity index (χ1v) is 11.2. The summed E-state index contributed by atoms with van der Waals surface area (Å²) in [6, 6.07) is 16.0. The third kappa shape index (κ3) is 3.58. The van der Waals surface area contributed by atoms with Gasteiger partial charge in [-0.05, 0) is 30.7 Å². The first kappa shape index (κ1) is 20.1. The van der Waals surface area contributed by atoms with Crippen molar-refractivity contribution in [3.63, 3.8) is 0 Å². The number of aromatic nitrogens is 1. The molecule has 1 saturated heterocycles. The van der Waals surface area contributed by atoms with Crippen LogP contribution in [0.2, 0.25) is 0 Å². The van der Waals surface area contributed by atoms with Gasteiger partial charge in [-0.1, -0.05) is 30.3 Å². The van der Waals surface area contributed by atoms with E-state index in [9.17, 15) is 18.5 Å². The van der Waals surface area contributed by atoms with E-state index in [2.05, 4.69) is 4.98 Å². The molecule has 0 bridgehead atoms. The van der Waals surface area contributed by atoms with E-state index in [0.29, 0.717) is 13.1 Å². The number of rotatable bonds is 4. The largest absolute Gasteiger partial charge is 0.358 e. The quantitative estimate of drug-likeness (QED) is 0.698. The van der Waals surface area contributed by atoms with E-state index in [0.717, 1.165) is 22.2 Å². The van der Waals surface area contributed by atoms with Crippen LogP contribution in [0.25, 0.3) is 10.9 Å². The lowest BCUT2D eigenvalue weighted by Crippen LogP contribution is -2.51. The average Bonchev–Trinajstić information content (AvgIpc) is 3.08. The molecular weight excluding hydrogens is 400 g/mol. The normalized spacial score (nSPS) is 15.3. The summed E-state index contributed by atoms with van der Waals surface area (Å²) in [5, 5.41) is 10.3. The molecule has 0 spiro atoms. The number of amides is 1. The lowest BCUT2D eigenvalue weighted by molar-refractivity contribution is -0.131. The first-order valence-electron chi connectivity index (χ1n) is 9.75. The maximum Gasteiger partial charge on any atom is 0.244 e. The Morgan fingerprint density at radius 1 is 1.07 bits per heavy atom. The van der Waals surface area contributed by atoms with Gasteiger partial charge < -0.3 is 9.88 Å². The van der Waals surface area contributed by atoms with Gasteiger partial charge in [-0.15, -0.1) is 0 Å². The Balaban J connectivity index is 1.46. The SMILES string of the molecule is Cc1[nH]c2ccccc2c1CC(=O)N1CCN(S(=O)(=O)c2ccccc2C#N)CC1. The number of aromatic amines is 1. The Bertz CT molecular complexity index is 1250. The molecule has 1 N–H and O–H groups in total. The summed E-state index contributed by atoms with van der Waals surface area (Å²) in [7, 11) is -3.77. The molecule has 0 atom stereocenters. The summed E-state index contributed by atoms with van der Waals surface area (Å²) >= 11 is 0. The van der Waals surface area contributed by atoms with Gasteiger partial charge in [0.1, 0.15) is 6.07 Å². The molecule has 1 aliphatic rings. The molecule has 7 nitrogen and oxygen atoms in total. The van der Waals surface area contributed by atoms with Crippen LogP contribution in [0.5, 0.6) is 0 Å². The van der Waals surface area contributed by atoms with E-state index in [1.807, 2.05) is 37.3 Å². The Hall–Kier alpha value is -3.15. The number of nitriles is 1. The van der Waals surface area contributed by atoms with Crippen molar-refractivity contribution in [3.8, 4) is 6.07 Å². The number of fused-ring (bicyclic) bond motifs is 1. The fourth-order valence-electron chi connectivity index (χ4n) is 3.93. The fourth-order valence-corrected chi connectivity index (χ4v) is 5.49. The van der Waals surface area contributed by atoms with E-state index in [-0.39, 0.29) is 35.9 Å². The molecule has 8 heteroatoms. The van der Waals surface area contributed by atoms with Gasteiger partial charge in [0.15, 0.2) is 0 Å². The van der Waals surface area contributed by atoms with Crippen LogP contribution in [-0.4, -0.2) is 54.7 Å². The maximum atomic E-state index is 13.0. The number of para-hydroxylation sites is 1. The molecule has 1 aromatic heterocycles. The van der Waals surface area contributed by atoms with Crippen LogP contribution < -0.4 is 0 Å². The fraction of sp³-hybridized carbons (Fsp3) is 0.273. The minimum Gasteiger partial charge on any atom is -0.358 e. The molecule has 1 amide bonds. The van der Waals surface area contributed by atoms with Crippen molar-refractivity contribution in [3.05, 3.63) is 65.4 Å². The summed E-state index contributed by atoms with van der Waals surface area (Å²) < 4.78 is 27.3. The zero-order valence-electron chi connectivity index (χ0n) is 16.6. The van der Waals surface area contributed by atoms with Gasteiger partial charge in [0.05, 0.1) is 16.9 Å². The molecular formula is C22H22N4O3S. The number of H-pyrrole nitrogens is 1. The van der Waals surface area contributed by atoms with Crippen LogP contribution in [0.3, 0.4) is 0 Å². The number of nitrogens with zero attached hydrogens (tertiary/aromatic N) is 3. The second-order valence-electron chi connectivity index (χ2n) is 7.34. The zero-order chi connectivity index (χ0) is 21.3. The number of carbonyl (C=O) groups is 1. The third-order valence-electron chi connectivity index (χ3n) is 5.57. The summed E-state index contributed by atoms with van der Waals surface area (Å²) in [4.78, 5) is 17.9. The molecule has 2 aromatic carbocycles. The number of piperazine rings is 1. The summed E-state index contributed by atoms with van der Waals surface area (Å²) in [6.45, 7) is 3.03. The van der Waals surface area contributed by atoms with E-state index in [1.54, 1.807) is 17.0 Å². The zero-order valence-corrected chi connectivity index (χ0v) is 17.4. The van der Waals surface area contributed by atoms with Crippen molar-refractivity contribution in [2.75, 3.05) is 26.2 Å². The Morgan fingerprint density at radius 2 is 1.73 bits per heavy atom. The number of sulfonamides is 1. The minimum absolute atomic E-state index is 0.0155. The molecule has 2 heterocycles. The molecule has 1 aliphatic heterocycles. The number of nitrogens with one attached hydrogen (secondary N) is 1. The topological polar surface area (TPSA) is 97.3 Å². The Kier molecular flexibility index (Phi) is 5.33. The molecule has 30 heavy (non-hydrogen) atoms. The van der Waals surface area contributed by atoms with Gasteiger partial charge >= 0.3 is 0 Å². The summed E-state index contributed by atoms with van der Waals surface area (Å²) in [5.41, 5.74) is 3.09. The van der Waals surface area contributed by atoms with E-state index in [4.69, 9.17) is 0 Å². The van der Waals surface area contributed by atoms with Crippen LogP contribution in [-0.2, 0) is 21.2 Å². The number of carbonyl (C=O) groups excluding carboxylic acids is 1. The van der Waals surface area contributed by atoms with Crippen LogP contribution in [0.15, 0.2) is 53.4 Å². The molecule has 3 aromatic rings. The van der Waals surface area contributed by atoms with Gasteiger partial charge in [-0.3, -0.25) is 4.79 Å². The molecule has 0 radical (unpaired) electrons. The van der Waals surface area contributed by atoms with Gasteiger partial charge in [0.25, 0.3) is 0 Å². The average molecular weight is 423 g/mol. The molecule has 0 saturated carbocycles. The third-order valence-corrected chi connectivity index (χ3v) is 7.53. The van der Waals surface area contributed by atoms with Crippen molar-refractivity contribution in [2.24, 2.45) is 0 Å². The van der Waals surface area contributed by atoms with Crippen molar-refractivity contribution >= 4 is 26.8 Å². The van der Waals surface area contributed by atoms with Crippen molar-refractivity contribution in [2.45, 2.75) is 18.2 Å². The van der Waals surface area contributed by atoms with E-state index < -0.39 is 10.0 Å². The minimum atomic E-state index is -3.77. The van der Waals surface area contributed by atoms with Gasteiger partial charge in [0, 0.05) is 42.8 Å². The highest BCUT2D eigenvalue weighted by Crippen LogP contribution is 2.24. The lowest BCUT2D eigenvalue weighted by Gasteiger charge is -2.34. The molecule has 154 valence electrons. The number of hydrogen-bond acceptors (Lipinski definition) is 4. The van der Waals surface area contributed by atoms with Crippen molar-refractivity contribution in [1.29, 1.82) is 5.26 Å². The van der Waals surface area contributed by atoms with Gasteiger partial charge in [-0.25, -0.2) is 8.42 Å². The highest BCUT2D eigenvalue weighted by Gasteiger charge is 2.31. The van der Waals surface area contributed by atoms with Crippen molar-refractivity contribution in [1.82, 2.24) is 14.2 Å². The van der Waals surface area contributed by atoms with Crippen molar-refractivity contribution < 1.29 is 13.2 Å². The Labute approximate surface area is 175 Å². The smallest absolute Gasteiger partial charge is 0.244 e. The summed E-state index contributed by atoms with van der Waals surface area (Å²) in [5.74, 6) is -0.0164. The molecule has 4 rings (SSSR count). The maximum absolute atomic E-state index is 13.0. The van der Waals surface area contributed by atoms with Gasteiger partial charge in [0.2, 0.25) is 15.9 Å². The molecule has 1 fully saturated rings. The Morgan fingerprint density at radius 3 is 2.47 bits per heavy atom. The van der Waals surface area contributed by atoms with Crippen LogP contribution in [0.1, 0.15) is 16.8 Å². The predicted octanol–water partition coefficient (Wildman–Crippen LogP) is 2.42. The van der Waals surface area contributed by atoms with Crippen LogP contribution in [0, 0.1) is 18.3 Å². The monoisotopic (exact) mass is 422 g/mol. The van der Waals surface area contributed by atoms with Crippen LogP contribution >= 0.6 is 0 Å². The predicted molar refractivity (Wildman–Crippen MR) is 113 cm³/mol. The summed E-state index contributed by atoms with van der Waals surface area (Å²) in [6.07, 6.45) is 0.278. The van der Waals surface area contributed by atoms with E-state index >= 15 is 0 Å². The highest BCUT2D eigenvalue weighted by atomic mass is 32.2. The molecule has 0 unspecified atom stereocenters.